The lowest BCUT2D eigenvalue weighted by Crippen LogP contribution is -2.33. The van der Waals surface area contributed by atoms with Gasteiger partial charge in [-0.25, -0.2) is 14.1 Å². The highest BCUT2D eigenvalue weighted by atomic mass is 32.1. The number of thiol groups is 1. The number of aromatic nitrogens is 3. The summed E-state index contributed by atoms with van der Waals surface area (Å²) in [5.74, 6) is 0. The van der Waals surface area contributed by atoms with Gasteiger partial charge >= 0.3 is 7.82 Å². The molecule has 0 amide bonds. The van der Waals surface area contributed by atoms with Crippen molar-refractivity contribution in [2.75, 3.05) is 6.61 Å². The second kappa shape index (κ2) is 6.36. The molecule has 24 heavy (non-hydrogen) atoms. The smallest absolute Gasteiger partial charge is 0.387 e. The van der Waals surface area contributed by atoms with Crippen LogP contribution in [0, 0.1) is 0 Å². The summed E-state index contributed by atoms with van der Waals surface area (Å²) < 4.78 is 24.0. The van der Waals surface area contributed by atoms with Crippen molar-refractivity contribution < 1.29 is 38.4 Å². The third-order valence-corrected chi connectivity index (χ3v) is 4.64. The molecule has 1 saturated heterocycles. The van der Waals surface area contributed by atoms with Gasteiger partial charge in [-0.2, -0.15) is 4.57 Å². The van der Waals surface area contributed by atoms with Gasteiger partial charge in [0.15, 0.2) is 0 Å². The SMILES string of the molecule is C[n+]1cn([C@@H]2OC(COP(=O)(O)O)C(O)[C@H]2O)c2nccc(S)c21. The number of ether oxygens (including phenoxy) is 1. The molecule has 2 unspecified atom stereocenters. The summed E-state index contributed by atoms with van der Waals surface area (Å²) in [6.45, 7) is -0.560. The maximum atomic E-state index is 10.8. The van der Waals surface area contributed by atoms with E-state index in [1.807, 2.05) is 0 Å². The number of hydrogen-bond acceptors (Lipinski definition) is 7. The number of aliphatic hydroxyl groups is 2. The maximum Gasteiger partial charge on any atom is 0.469 e. The van der Waals surface area contributed by atoms with Crippen LogP contribution in [0.15, 0.2) is 23.5 Å². The molecule has 0 aromatic carbocycles. The standard InChI is InChI=1S/C12H16N3O7PS/c1-14-5-15(11-8(14)7(24)2-3-13-11)12-10(17)9(16)6(22-12)4-21-23(18,19)20/h2-3,5-6,9-10,12,16-17H,4H2,1H3,(H2-,13,18,19,20,24)/p+1/t6?,9?,10-,12-/m1/s1. The van der Waals surface area contributed by atoms with E-state index >= 15 is 0 Å². The van der Waals surface area contributed by atoms with E-state index in [-0.39, 0.29) is 0 Å². The Morgan fingerprint density at radius 2 is 2.17 bits per heavy atom. The van der Waals surface area contributed by atoms with Crippen LogP contribution in [0.25, 0.3) is 11.2 Å². The van der Waals surface area contributed by atoms with E-state index in [9.17, 15) is 14.8 Å². The molecule has 132 valence electrons. The molecular formula is C12H17N3O7PS+. The number of phosphoric ester groups is 1. The van der Waals surface area contributed by atoms with Crippen molar-refractivity contribution in [3.63, 3.8) is 0 Å². The molecule has 2 aromatic heterocycles. The zero-order valence-electron chi connectivity index (χ0n) is 12.5. The Labute approximate surface area is 141 Å². The van der Waals surface area contributed by atoms with E-state index in [0.717, 1.165) is 0 Å². The van der Waals surface area contributed by atoms with Crippen molar-refractivity contribution in [2.45, 2.75) is 29.4 Å². The lowest BCUT2D eigenvalue weighted by Gasteiger charge is -2.14. The molecule has 3 rings (SSSR count). The van der Waals surface area contributed by atoms with Crippen LogP contribution in [0.1, 0.15) is 6.23 Å². The number of aryl methyl sites for hydroxylation is 1. The van der Waals surface area contributed by atoms with Gasteiger partial charge in [0, 0.05) is 6.20 Å². The number of rotatable bonds is 4. The van der Waals surface area contributed by atoms with E-state index in [0.29, 0.717) is 16.1 Å². The minimum atomic E-state index is -4.70. The monoisotopic (exact) mass is 378 g/mol. The van der Waals surface area contributed by atoms with E-state index in [1.165, 1.54) is 4.57 Å². The number of phosphoric acid groups is 1. The van der Waals surface area contributed by atoms with Crippen LogP contribution in [-0.4, -0.2) is 54.5 Å². The number of hydrogen-bond donors (Lipinski definition) is 5. The summed E-state index contributed by atoms with van der Waals surface area (Å²) in [6.07, 6.45) is -1.60. The van der Waals surface area contributed by atoms with Gasteiger partial charge in [-0.15, -0.1) is 12.6 Å². The van der Waals surface area contributed by atoms with Gasteiger partial charge in [-0.1, -0.05) is 0 Å². The molecule has 4 N–H and O–H groups in total. The summed E-state index contributed by atoms with van der Waals surface area (Å²) in [4.78, 5) is 22.4. The zero-order valence-corrected chi connectivity index (χ0v) is 14.3. The number of nitrogens with zero attached hydrogens (tertiary/aromatic N) is 3. The average molecular weight is 378 g/mol. The molecule has 4 atom stereocenters. The third-order valence-electron chi connectivity index (χ3n) is 3.80. The first-order valence-electron chi connectivity index (χ1n) is 6.95. The molecule has 0 radical (unpaired) electrons. The Bertz CT molecular complexity index is 809. The number of pyridine rings is 1. The van der Waals surface area contributed by atoms with Crippen molar-refractivity contribution >= 4 is 31.6 Å². The first kappa shape index (κ1) is 17.8. The fourth-order valence-electron chi connectivity index (χ4n) is 2.71. The normalized spacial score (nSPS) is 27.9. The Kier molecular flexibility index (Phi) is 4.71. The lowest BCUT2D eigenvalue weighted by atomic mass is 10.1. The van der Waals surface area contributed by atoms with E-state index < -0.39 is 39.0 Å². The Morgan fingerprint density at radius 3 is 2.83 bits per heavy atom. The van der Waals surface area contributed by atoms with E-state index in [4.69, 9.17) is 14.5 Å². The van der Waals surface area contributed by atoms with Gasteiger partial charge in [-0.05, 0) is 6.07 Å². The molecule has 1 aliphatic heterocycles. The second-order valence-electron chi connectivity index (χ2n) is 5.47. The number of imidazole rings is 1. The molecule has 10 nitrogen and oxygen atoms in total. The summed E-state index contributed by atoms with van der Waals surface area (Å²) in [6, 6.07) is 1.72. The minimum Gasteiger partial charge on any atom is -0.387 e. The van der Waals surface area contributed by atoms with Crippen LogP contribution in [-0.2, 0) is 20.9 Å². The van der Waals surface area contributed by atoms with Crippen molar-refractivity contribution in [1.29, 1.82) is 0 Å². The van der Waals surface area contributed by atoms with E-state index in [2.05, 4.69) is 22.1 Å². The molecule has 2 aromatic rings. The number of fused-ring (bicyclic) bond motifs is 1. The highest BCUT2D eigenvalue weighted by Gasteiger charge is 2.48. The zero-order chi connectivity index (χ0) is 17.6. The average Bonchev–Trinajstić information content (AvgIpc) is 2.96. The van der Waals surface area contributed by atoms with Crippen LogP contribution in [0.3, 0.4) is 0 Å². The Morgan fingerprint density at radius 1 is 1.46 bits per heavy atom. The molecule has 1 fully saturated rings. The highest BCUT2D eigenvalue weighted by molar-refractivity contribution is 7.80. The fraction of sp³-hybridized carbons (Fsp3) is 0.500. The Balaban J connectivity index is 1.90. The number of aliphatic hydroxyl groups excluding tert-OH is 2. The minimum absolute atomic E-state index is 0.484. The van der Waals surface area contributed by atoms with Crippen molar-refractivity contribution in [3.05, 3.63) is 18.6 Å². The largest absolute Gasteiger partial charge is 0.469 e. The highest BCUT2D eigenvalue weighted by Crippen LogP contribution is 2.38. The van der Waals surface area contributed by atoms with Gasteiger partial charge in [0.05, 0.1) is 18.6 Å². The second-order valence-corrected chi connectivity index (χ2v) is 7.19. The summed E-state index contributed by atoms with van der Waals surface area (Å²) >= 11 is 4.37. The van der Waals surface area contributed by atoms with E-state index in [1.54, 1.807) is 30.2 Å². The van der Waals surface area contributed by atoms with Crippen LogP contribution in [0.4, 0.5) is 0 Å². The van der Waals surface area contributed by atoms with Gasteiger partial charge in [0.1, 0.15) is 18.3 Å². The molecule has 1 aliphatic rings. The van der Waals surface area contributed by atoms with Crippen molar-refractivity contribution in [2.24, 2.45) is 7.05 Å². The van der Waals surface area contributed by atoms with Gasteiger partial charge in [0.2, 0.25) is 18.1 Å². The maximum absolute atomic E-state index is 10.8. The van der Waals surface area contributed by atoms with Gasteiger partial charge in [0.25, 0.3) is 5.65 Å². The van der Waals surface area contributed by atoms with Crippen LogP contribution in [0.5, 0.6) is 0 Å². The van der Waals surface area contributed by atoms with Crippen LogP contribution < -0.4 is 4.57 Å². The van der Waals surface area contributed by atoms with Gasteiger partial charge < -0.3 is 24.7 Å². The first-order valence-corrected chi connectivity index (χ1v) is 8.92. The summed E-state index contributed by atoms with van der Waals surface area (Å²) in [5, 5.41) is 20.3. The molecule has 0 aliphatic carbocycles. The van der Waals surface area contributed by atoms with Crippen molar-refractivity contribution in [3.8, 4) is 0 Å². The molecule has 0 bridgehead atoms. The molecule has 12 heteroatoms. The summed E-state index contributed by atoms with van der Waals surface area (Å²) in [5.41, 5.74) is 1.19. The third kappa shape index (κ3) is 3.22. The fourth-order valence-corrected chi connectivity index (χ4v) is 3.38. The summed E-state index contributed by atoms with van der Waals surface area (Å²) in [7, 11) is -2.93. The molecular weight excluding hydrogens is 361 g/mol. The first-order chi connectivity index (χ1) is 11.2. The molecule has 0 spiro atoms. The van der Waals surface area contributed by atoms with Crippen LogP contribution >= 0.6 is 20.5 Å². The predicted octanol–water partition coefficient (Wildman–Crippen LogP) is -1.12. The van der Waals surface area contributed by atoms with Crippen LogP contribution in [0.2, 0.25) is 0 Å². The predicted molar refractivity (Wildman–Crippen MR) is 82.1 cm³/mol. The molecule has 3 heterocycles. The van der Waals surface area contributed by atoms with Gasteiger partial charge in [-0.3, -0.25) is 4.52 Å². The topological polar surface area (TPSA) is 138 Å². The Hall–Kier alpha value is -1.04. The molecule has 0 saturated carbocycles. The lowest BCUT2D eigenvalue weighted by molar-refractivity contribution is -0.647. The quantitative estimate of drug-likeness (QED) is 0.256. The van der Waals surface area contributed by atoms with Crippen molar-refractivity contribution in [1.82, 2.24) is 9.55 Å².